The number of nitrogens with one attached hydrogen (secondary N) is 3. The van der Waals surface area contributed by atoms with Crippen LogP contribution in [-0.2, 0) is 10.0 Å². The number of urea groups is 1. The van der Waals surface area contributed by atoms with Crippen molar-refractivity contribution in [2.24, 2.45) is 0 Å². The Morgan fingerprint density at radius 3 is 2.39 bits per heavy atom. The van der Waals surface area contributed by atoms with E-state index < -0.39 is 10.0 Å². The van der Waals surface area contributed by atoms with Gasteiger partial charge in [-0.3, -0.25) is 0 Å². The zero-order valence-corrected chi connectivity index (χ0v) is 17.5. The first kappa shape index (κ1) is 20.9. The van der Waals surface area contributed by atoms with E-state index in [1.807, 2.05) is 0 Å². The van der Waals surface area contributed by atoms with Crippen molar-refractivity contribution in [1.82, 2.24) is 14.9 Å². The highest BCUT2D eigenvalue weighted by atomic mass is 32.2. The van der Waals surface area contributed by atoms with Crippen LogP contribution in [-0.4, -0.2) is 57.7 Å². The fourth-order valence-corrected chi connectivity index (χ4v) is 4.68. The predicted molar refractivity (Wildman–Crippen MR) is 108 cm³/mol. The van der Waals surface area contributed by atoms with Crippen LogP contribution < -0.4 is 20.1 Å². The summed E-state index contributed by atoms with van der Waals surface area (Å²) in [5.41, 5.74) is 0.332. The maximum absolute atomic E-state index is 12.5. The van der Waals surface area contributed by atoms with Crippen molar-refractivity contribution in [3.63, 3.8) is 0 Å². The van der Waals surface area contributed by atoms with Gasteiger partial charge >= 0.3 is 6.03 Å². The number of piperidine rings is 1. The summed E-state index contributed by atoms with van der Waals surface area (Å²) in [6.07, 6.45) is 3.50. The summed E-state index contributed by atoms with van der Waals surface area (Å²) in [6, 6.07) is 4.74. The molecule has 1 aliphatic carbocycles. The molecule has 0 radical (unpaired) electrons. The first-order valence-electron chi connectivity index (χ1n) is 9.80. The van der Waals surface area contributed by atoms with Crippen LogP contribution in [0.5, 0.6) is 5.75 Å². The van der Waals surface area contributed by atoms with E-state index in [0.29, 0.717) is 17.5 Å². The molecule has 1 aromatic carbocycles. The van der Waals surface area contributed by atoms with Crippen LogP contribution in [0.3, 0.4) is 0 Å². The fourth-order valence-electron chi connectivity index (χ4n) is 3.34. The van der Waals surface area contributed by atoms with Gasteiger partial charge in [-0.25, -0.2) is 17.9 Å². The molecule has 2 amide bonds. The van der Waals surface area contributed by atoms with Crippen LogP contribution in [0.1, 0.15) is 39.5 Å². The van der Waals surface area contributed by atoms with Crippen LogP contribution in [0.15, 0.2) is 23.1 Å². The van der Waals surface area contributed by atoms with Gasteiger partial charge in [-0.15, -0.1) is 0 Å². The first-order chi connectivity index (χ1) is 13.3. The third-order valence-corrected chi connectivity index (χ3v) is 6.74. The van der Waals surface area contributed by atoms with Gasteiger partial charge in [0.2, 0.25) is 10.0 Å². The highest BCUT2D eigenvalue weighted by molar-refractivity contribution is 7.89. The minimum absolute atomic E-state index is 0.0171. The lowest BCUT2D eigenvalue weighted by atomic mass is 10.0. The fraction of sp³-hybridized carbons (Fsp3) is 0.632. The van der Waals surface area contributed by atoms with E-state index in [0.717, 1.165) is 38.8 Å². The summed E-state index contributed by atoms with van der Waals surface area (Å²) in [4.78, 5) is 15.0. The van der Waals surface area contributed by atoms with E-state index in [2.05, 4.69) is 34.1 Å². The summed E-state index contributed by atoms with van der Waals surface area (Å²) in [5, 5.41) is 5.72. The third kappa shape index (κ3) is 5.36. The number of likely N-dealkylation sites (tertiary alicyclic amines) is 1. The average Bonchev–Trinajstić information content (AvgIpc) is 3.45. The molecule has 1 heterocycles. The van der Waals surface area contributed by atoms with Gasteiger partial charge in [0.1, 0.15) is 5.75 Å². The van der Waals surface area contributed by atoms with E-state index in [9.17, 15) is 13.2 Å². The van der Waals surface area contributed by atoms with E-state index in [1.165, 1.54) is 19.2 Å². The zero-order valence-electron chi connectivity index (χ0n) is 16.7. The van der Waals surface area contributed by atoms with Gasteiger partial charge in [0.05, 0.1) is 17.7 Å². The highest BCUT2D eigenvalue weighted by Crippen LogP contribution is 2.29. The maximum atomic E-state index is 12.5. The molecule has 8 nitrogen and oxygen atoms in total. The molecule has 2 aliphatic rings. The Kier molecular flexibility index (Phi) is 6.47. The summed E-state index contributed by atoms with van der Waals surface area (Å²) in [5.74, 6) is 0.412. The molecule has 1 saturated heterocycles. The Labute approximate surface area is 167 Å². The standard InChI is InChI=1S/C19H30N4O4S/c1-13(2)23-10-8-14(9-11-23)20-19(24)21-17-12-16(6-7-18(17)27-3)28(25,26)22-15-4-5-15/h6-7,12-15,22H,4-5,8-11H2,1-3H3,(H2,20,21,24). The van der Waals surface area contributed by atoms with Crippen molar-refractivity contribution >= 4 is 21.7 Å². The Morgan fingerprint density at radius 2 is 1.82 bits per heavy atom. The summed E-state index contributed by atoms with van der Waals surface area (Å²) in [7, 11) is -2.12. The number of nitrogens with zero attached hydrogens (tertiary/aromatic N) is 1. The summed E-state index contributed by atoms with van der Waals surface area (Å²) >= 11 is 0. The zero-order chi connectivity index (χ0) is 20.3. The molecule has 0 spiro atoms. The van der Waals surface area contributed by atoms with E-state index >= 15 is 0 Å². The lowest BCUT2D eigenvalue weighted by Gasteiger charge is -2.34. The second kappa shape index (κ2) is 8.67. The van der Waals surface area contributed by atoms with Crippen LogP contribution >= 0.6 is 0 Å². The Balaban J connectivity index is 1.63. The molecule has 28 heavy (non-hydrogen) atoms. The number of hydrogen-bond acceptors (Lipinski definition) is 5. The van der Waals surface area contributed by atoms with Crippen molar-refractivity contribution < 1.29 is 17.9 Å². The molecule has 9 heteroatoms. The topological polar surface area (TPSA) is 99.8 Å². The molecule has 0 aromatic heterocycles. The van der Waals surface area contributed by atoms with E-state index in [1.54, 1.807) is 6.07 Å². The number of amides is 2. The molecule has 0 bridgehead atoms. The van der Waals surface area contributed by atoms with Crippen LogP contribution in [0.25, 0.3) is 0 Å². The van der Waals surface area contributed by atoms with Crippen molar-refractivity contribution in [3.05, 3.63) is 18.2 Å². The molecule has 2 fully saturated rings. The lowest BCUT2D eigenvalue weighted by molar-refractivity contribution is 0.163. The molecule has 1 aromatic rings. The van der Waals surface area contributed by atoms with Gasteiger partial charge < -0.3 is 20.3 Å². The van der Waals surface area contributed by atoms with Crippen molar-refractivity contribution in [1.29, 1.82) is 0 Å². The van der Waals surface area contributed by atoms with E-state index in [4.69, 9.17) is 4.74 Å². The highest BCUT2D eigenvalue weighted by Gasteiger charge is 2.28. The number of rotatable bonds is 7. The predicted octanol–water partition coefficient (Wildman–Crippen LogP) is 2.13. The number of anilines is 1. The molecule has 1 aliphatic heterocycles. The number of hydrogen-bond donors (Lipinski definition) is 3. The van der Waals surface area contributed by atoms with Gasteiger partial charge in [0, 0.05) is 31.2 Å². The van der Waals surface area contributed by atoms with Gasteiger partial charge in [0.25, 0.3) is 0 Å². The smallest absolute Gasteiger partial charge is 0.319 e. The molecular formula is C19H30N4O4S. The average molecular weight is 411 g/mol. The van der Waals surface area contributed by atoms with Gasteiger partial charge in [-0.1, -0.05) is 0 Å². The number of carbonyl (C=O) groups is 1. The van der Waals surface area contributed by atoms with Crippen molar-refractivity contribution in [2.75, 3.05) is 25.5 Å². The van der Waals surface area contributed by atoms with Crippen LogP contribution in [0, 0.1) is 0 Å². The molecular weight excluding hydrogens is 380 g/mol. The van der Waals surface area contributed by atoms with Gasteiger partial charge in [0.15, 0.2) is 0 Å². The maximum Gasteiger partial charge on any atom is 0.319 e. The van der Waals surface area contributed by atoms with Crippen LogP contribution in [0.4, 0.5) is 10.5 Å². The van der Waals surface area contributed by atoms with Gasteiger partial charge in [-0.05, 0) is 57.7 Å². The molecule has 1 saturated carbocycles. The third-order valence-electron chi connectivity index (χ3n) is 5.22. The summed E-state index contributed by atoms with van der Waals surface area (Å²) < 4.78 is 32.8. The number of ether oxygens (including phenoxy) is 1. The largest absolute Gasteiger partial charge is 0.495 e. The van der Waals surface area contributed by atoms with Gasteiger partial charge in [-0.2, -0.15) is 0 Å². The van der Waals surface area contributed by atoms with E-state index in [-0.39, 0.29) is 23.0 Å². The monoisotopic (exact) mass is 410 g/mol. The Hall–Kier alpha value is -1.84. The minimum atomic E-state index is -3.60. The number of carbonyl (C=O) groups excluding carboxylic acids is 1. The van der Waals surface area contributed by atoms with Crippen LogP contribution in [0.2, 0.25) is 0 Å². The second-order valence-electron chi connectivity index (χ2n) is 7.76. The second-order valence-corrected chi connectivity index (χ2v) is 9.47. The van der Waals surface area contributed by atoms with Crippen molar-refractivity contribution in [3.8, 4) is 5.75 Å². The number of sulfonamides is 1. The van der Waals surface area contributed by atoms with Crippen molar-refractivity contribution in [2.45, 2.75) is 62.6 Å². The minimum Gasteiger partial charge on any atom is -0.495 e. The molecule has 156 valence electrons. The Morgan fingerprint density at radius 1 is 1.14 bits per heavy atom. The summed E-state index contributed by atoms with van der Waals surface area (Å²) in [6.45, 7) is 6.25. The molecule has 0 unspecified atom stereocenters. The first-order valence-corrected chi connectivity index (χ1v) is 11.3. The Bertz CT molecular complexity index is 800. The number of benzene rings is 1. The number of methoxy groups -OCH3 is 1. The quantitative estimate of drug-likeness (QED) is 0.639. The lowest BCUT2D eigenvalue weighted by Crippen LogP contribution is -2.47. The molecule has 3 rings (SSSR count). The molecule has 0 atom stereocenters. The SMILES string of the molecule is COc1ccc(S(=O)(=O)NC2CC2)cc1NC(=O)NC1CCN(C(C)C)CC1. The normalized spacial score (nSPS) is 18.9. The molecule has 3 N–H and O–H groups in total.